The van der Waals surface area contributed by atoms with E-state index in [1.54, 1.807) is 57.3 Å². The first-order valence-electron chi connectivity index (χ1n) is 23.5. The molecule has 0 bridgehead atoms. The number of halogens is 2. The SMILES string of the molecule is CC(C)(C)[C@H](NC(=O)c1cc2cc(C(F)(F)P(=O)(O)O)ccc2s1)C(=O)N1CCC[C@H]1C(=O)N(CCC(=O)NCCCC#Cc1cccc2c1CN(C1CCC(=O)NC1=O)C2=O)c1ccc(-c2nccs2)cc1. The fourth-order valence-electron chi connectivity index (χ4n) is 9.08. The molecule has 0 aliphatic carbocycles. The van der Waals surface area contributed by atoms with E-state index in [-0.39, 0.29) is 66.9 Å². The lowest BCUT2D eigenvalue weighted by atomic mass is 9.85. The van der Waals surface area contributed by atoms with E-state index in [0.717, 1.165) is 34.0 Å². The zero-order valence-corrected chi connectivity index (χ0v) is 42.5. The number of amides is 7. The van der Waals surface area contributed by atoms with Gasteiger partial charge in [-0.2, -0.15) is 8.78 Å². The second-order valence-electron chi connectivity index (χ2n) is 19.0. The number of fused-ring (bicyclic) bond motifs is 2. The Morgan fingerprint density at radius 2 is 1.79 bits per heavy atom. The maximum absolute atomic E-state index is 14.8. The van der Waals surface area contributed by atoms with Crippen LogP contribution in [0.25, 0.3) is 20.7 Å². The molecule has 8 rings (SSSR count). The van der Waals surface area contributed by atoms with Crippen molar-refractivity contribution in [3.63, 3.8) is 0 Å². The molecule has 5 heterocycles. The Bertz CT molecular complexity index is 3110. The Hall–Kier alpha value is -6.69. The van der Waals surface area contributed by atoms with Crippen LogP contribution in [0.2, 0.25) is 0 Å². The first-order valence-corrected chi connectivity index (χ1v) is 26.9. The van der Waals surface area contributed by atoms with Crippen molar-refractivity contribution in [3.05, 3.63) is 105 Å². The fourth-order valence-corrected chi connectivity index (χ4v) is 11.1. The number of aromatic nitrogens is 1. The normalized spacial score (nSPS) is 17.4. The van der Waals surface area contributed by atoms with Crippen molar-refractivity contribution in [3.8, 4) is 22.4 Å². The van der Waals surface area contributed by atoms with Gasteiger partial charge in [0.2, 0.25) is 29.5 Å². The highest BCUT2D eigenvalue weighted by Gasteiger charge is 2.50. The van der Waals surface area contributed by atoms with Crippen LogP contribution in [0.1, 0.15) is 102 Å². The van der Waals surface area contributed by atoms with Gasteiger partial charge in [0.05, 0.1) is 4.88 Å². The molecular weight excluding hydrogens is 1000 g/mol. The summed E-state index contributed by atoms with van der Waals surface area (Å²) in [6.07, 6.45) is 3.73. The molecule has 0 saturated carbocycles. The molecule has 73 heavy (non-hydrogen) atoms. The summed E-state index contributed by atoms with van der Waals surface area (Å²) in [6, 6.07) is 13.9. The van der Waals surface area contributed by atoms with Crippen LogP contribution in [0.3, 0.4) is 0 Å². The van der Waals surface area contributed by atoms with Crippen molar-refractivity contribution in [1.29, 1.82) is 0 Å². The summed E-state index contributed by atoms with van der Waals surface area (Å²) in [5.41, 5.74) is -3.09. The van der Waals surface area contributed by atoms with Crippen molar-refractivity contribution in [1.82, 2.24) is 30.7 Å². The van der Waals surface area contributed by atoms with Crippen molar-refractivity contribution in [2.45, 2.75) is 96.1 Å². The molecule has 3 aromatic carbocycles. The summed E-state index contributed by atoms with van der Waals surface area (Å²) in [5.74, 6) is 3.17. The highest BCUT2D eigenvalue weighted by molar-refractivity contribution is 7.52. The van der Waals surface area contributed by atoms with E-state index in [4.69, 9.17) is 0 Å². The molecule has 0 radical (unpaired) electrons. The summed E-state index contributed by atoms with van der Waals surface area (Å²) < 4.78 is 41.0. The zero-order chi connectivity index (χ0) is 52.4. The first kappa shape index (κ1) is 52.6. The van der Waals surface area contributed by atoms with Gasteiger partial charge >= 0.3 is 13.3 Å². The molecule has 3 aliphatic heterocycles. The van der Waals surface area contributed by atoms with E-state index < -0.39 is 66.0 Å². The van der Waals surface area contributed by atoms with Crippen LogP contribution < -0.4 is 20.9 Å². The van der Waals surface area contributed by atoms with Crippen molar-refractivity contribution < 1.29 is 56.7 Å². The predicted octanol–water partition coefficient (Wildman–Crippen LogP) is 6.52. The molecule has 7 amide bonds. The molecule has 5 N–H and O–H groups in total. The summed E-state index contributed by atoms with van der Waals surface area (Å²) >= 11 is 2.40. The zero-order valence-electron chi connectivity index (χ0n) is 40.0. The summed E-state index contributed by atoms with van der Waals surface area (Å²) in [5, 5.41) is 10.8. The number of rotatable bonds is 15. The minimum atomic E-state index is -5.84. The van der Waals surface area contributed by atoms with Gasteiger partial charge in [0.15, 0.2) is 0 Å². The fraction of sp³-hybridized carbons (Fsp3) is 0.373. The second kappa shape index (κ2) is 21.4. The molecule has 0 spiro atoms. The number of likely N-dealkylation sites (tertiary alicyclic amines) is 1. The highest BCUT2D eigenvalue weighted by atomic mass is 32.1. The molecule has 17 nitrogen and oxygen atoms in total. The average molecular weight is 1060 g/mol. The topological polar surface area (TPSA) is 236 Å². The number of imide groups is 1. The molecule has 3 atom stereocenters. The third kappa shape index (κ3) is 11.4. The number of anilines is 1. The number of piperidine rings is 1. The van der Waals surface area contributed by atoms with Gasteiger partial charge in [-0.3, -0.25) is 43.4 Å². The number of thiophene rings is 1. The molecule has 2 aromatic heterocycles. The van der Waals surface area contributed by atoms with Gasteiger partial charge in [-0.05, 0) is 96.6 Å². The Morgan fingerprint density at radius 3 is 2.49 bits per heavy atom. The number of unbranched alkanes of at least 4 members (excludes halogenated alkanes) is 1. The van der Waals surface area contributed by atoms with Crippen LogP contribution in [0, 0.1) is 17.3 Å². The van der Waals surface area contributed by atoms with Crippen LogP contribution in [-0.2, 0) is 40.7 Å². The standard InChI is InChI=1S/C51H52F2N7O10PS2/c1-50(2,3)43(57-45(64)40-28-32-27-33(15-19-39(32)73-40)51(52,53)71(68,69)70)49(67)59-24-8-12-38(59)48(66)58(34-16-13-31(14-17-34)46-55-23-26-72-46)25-21-41(61)54-22-6-4-5-9-30-10-7-11-35-36(30)29-60(47(35)65)37-18-20-42(62)56-44(37)63/h7,10-11,13-17,19,23,26-28,37-38,43H,4,6,8,12,18,20-22,24-25,29H2,1-3H3,(H,54,61)(H,57,64)(H,56,62,63)(H2,68,69,70)/t37?,38-,43+/m0/s1. The third-order valence-electron chi connectivity index (χ3n) is 13.0. The Morgan fingerprint density at radius 1 is 1.03 bits per heavy atom. The predicted molar refractivity (Wildman–Crippen MR) is 269 cm³/mol. The molecule has 2 fully saturated rings. The minimum absolute atomic E-state index is 0.0273. The van der Waals surface area contributed by atoms with Gasteiger partial charge < -0.3 is 35.1 Å². The maximum Gasteiger partial charge on any atom is 0.399 e. The number of alkyl halides is 2. The van der Waals surface area contributed by atoms with E-state index in [2.05, 4.69) is 32.8 Å². The van der Waals surface area contributed by atoms with E-state index in [9.17, 15) is 56.7 Å². The van der Waals surface area contributed by atoms with Crippen LogP contribution in [0.4, 0.5) is 14.5 Å². The van der Waals surface area contributed by atoms with Gasteiger partial charge in [-0.1, -0.05) is 44.7 Å². The van der Waals surface area contributed by atoms with E-state index >= 15 is 0 Å². The van der Waals surface area contributed by atoms with Crippen molar-refractivity contribution in [2.24, 2.45) is 5.41 Å². The van der Waals surface area contributed by atoms with E-state index in [1.807, 2.05) is 17.5 Å². The number of carbonyl (C=O) groups is 7. The lowest BCUT2D eigenvalue weighted by Crippen LogP contribution is -2.58. The number of benzene rings is 3. The second-order valence-corrected chi connectivity index (χ2v) is 22.6. The van der Waals surface area contributed by atoms with Crippen molar-refractivity contribution in [2.75, 3.05) is 24.5 Å². The largest absolute Gasteiger partial charge is 0.399 e. The summed E-state index contributed by atoms with van der Waals surface area (Å²) in [7, 11) is -5.84. The van der Waals surface area contributed by atoms with Crippen molar-refractivity contribution >= 4 is 87.4 Å². The first-order chi connectivity index (χ1) is 34.6. The molecule has 22 heteroatoms. The van der Waals surface area contributed by atoms with Crippen LogP contribution >= 0.6 is 30.3 Å². The number of carbonyl (C=O) groups excluding carboxylic acids is 7. The Kier molecular flexibility index (Phi) is 15.4. The van der Waals surface area contributed by atoms with Gasteiger partial charge in [-0.15, -0.1) is 22.7 Å². The maximum atomic E-state index is 14.8. The van der Waals surface area contributed by atoms with Crippen LogP contribution in [0.15, 0.2) is 78.3 Å². The summed E-state index contributed by atoms with van der Waals surface area (Å²) in [4.78, 5) is 121. The molecule has 3 aliphatic rings. The van der Waals surface area contributed by atoms with Gasteiger partial charge in [0.25, 0.3) is 11.8 Å². The van der Waals surface area contributed by atoms with Gasteiger partial charge in [0, 0.05) is 89.7 Å². The molecule has 2 saturated heterocycles. The number of nitrogens with one attached hydrogen (secondary N) is 3. The molecule has 5 aromatic rings. The van der Waals surface area contributed by atoms with E-state index in [0.29, 0.717) is 59.3 Å². The quantitative estimate of drug-likeness (QED) is 0.0328. The lowest BCUT2D eigenvalue weighted by Gasteiger charge is -2.36. The van der Waals surface area contributed by atoms with Crippen LogP contribution in [-0.4, -0.2) is 104 Å². The number of hydrogen-bond acceptors (Lipinski definition) is 11. The van der Waals surface area contributed by atoms with Gasteiger partial charge in [0.1, 0.15) is 23.1 Å². The number of thiazole rings is 1. The number of hydrogen-bond donors (Lipinski definition) is 5. The average Bonchev–Trinajstić information content (AvgIpc) is 4.19. The molecular formula is C51H52F2N7O10PS2. The Balaban J connectivity index is 0.915. The smallest absolute Gasteiger partial charge is 0.356 e. The van der Waals surface area contributed by atoms with Gasteiger partial charge in [-0.25, -0.2) is 4.98 Å². The van der Waals surface area contributed by atoms with E-state index in [1.165, 1.54) is 38.2 Å². The molecule has 382 valence electrons. The monoisotopic (exact) mass is 1060 g/mol. The van der Waals surface area contributed by atoms with Crippen LogP contribution in [0.5, 0.6) is 0 Å². The summed E-state index contributed by atoms with van der Waals surface area (Å²) in [6.45, 7) is 5.93. The highest BCUT2D eigenvalue weighted by Crippen LogP contribution is 2.59. The third-order valence-corrected chi connectivity index (χ3v) is 15.9. The Labute approximate surface area is 426 Å². The minimum Gasteiger partial charge on any atom is -0.356 e. The number of nitrogens with zero attached hydrogens (tertiary/aromatic N) is 4. The lowest BCUT2D eigenvalue weighted by molar-refractivity contribution is -0.141. The molecule has 1 unspecified atom stereocenters.